The van der Waals surface area contributed by atoms with Gasteiger partial charge in [0.2, 0.25) is 0 Å². The van der Waals surface area contributed by atoms with Crippen molar-refractivity contribution in [3.63, 3.8) is 0 Å². The molecule has 0 aliphatic heterocycles. The van der Waals surface area contributed by atoms with Gasteiger partial charge in [-0.05, 0) is 26.0 Å². The molecule has 3 aromatic rings. The van der Waals surface area contributed by atoms with Gasteiger partial charge in [-0.15, -0.1) is 0 Å². The Morgan fingerprint density at radius 2 is 1.78 bits per heavy atom. The van der Waals surface area contributed by atoms with Gasteiger partial charge in [0.15, 0.2) is 5.82 Å². The minimum atomic E-state index is -4.88. The van der Waals surface area contributed by atoms with Crippen LogP contribution in [0.5, 0.6) is 0 Å². The Morgan fingerprint density at radius 3 is 2.37 bits per heavy atom. The van der Waals surface area contributed by atoms with Crippen molar-refractivity contribution in [2.75, 3.05) is 0 Å². The van der Waals surface area contributed by atoms with Crippen LogP contribution < -0.4 is 11.2 Å². The molecule has 0 saturated carbocycles. The van der Waals surface area contributed by atoms with Crippen LogP contribution in [0.3, 0.4) is 0 Å². The van der Waals surface area contributed by atoms with Crippen LogP contribution in [0.1, 0.15) is 31.3 Å². The summed E-state index contributed by atoms with van der Waals surface area (Å²) in [6.07, 6.45) is -3.11. The molecule has 0 spiro atoms. The van der Waals surface area contributed by atoms with Crippen LogP contribution in [0.25, 0.3) is 5.69 Å². The summed E-state index contributed by atoms with van der Waals surface area (Å²) >= 11 is 0. The van der Waals surface area contributed by atoms with Crippen LogP contribution in [0.4, 0.5) is 13.2 Å². The Balaban J connectivity index is 2.17. The fraction of sp³-hybridized carbons (Fsp3) is 0.294. The van der Waals surface area contributed by atoms with E-state index in [1.165, 1.54) is 11.0 Å². The first-order valence-electron chi connectivity index (χ1n) is 8.07. The van der Waals surface area contributed by atoms with Crippen molar-refractivity contribution in [1.82, 2.24) is 23.9 Å². The molecule has 7 nitrogen and oxygen atoms in total. The van der Waals surface area contributed by atoms with Crippen LogP contribution >= 0.6 is 0 Å². The highest BCUT2D eigenvalue weighted by Gasteiger charge is 2.36. The van der Waals surface area contributed by atoms with Gasteiger partial charge >= 0.3 is 11.9 Å². The normalized spacial score (nSPS) is 11.9. The van der Waals surface area contributed by atoms with E-state index in [2.05, 4.69) is 10.1 Å². The summed E-state index contributed by atoms with van der Waals surface area (Å²) in [7, 11) is 0. The Kier molecular flexibility index (Phi) is 4.73. The molecule has 10 heteroatoms. The Hall–Kier alpha value is -3.17. The number of nitrogens with zero attached hydrogens (tertiary/aromatic N) is 5. The predicted octanol–water partition coefficient (Wildman–Crippen LogP) is 2.24. The average Bonchev–Trinajstić information content (AvgIpc) is 3.06. The topological polar surface area (TPSA) is 74.7 Å². The third-order valence-electron chi connectivity index (χ3n) is 3.98. The zero-order valence-corrected chi connectivity index (χ0v) is 14.5. The summed E-state index contributed by atoms with van der Waals surface area (Å²) in [5.41, 5.74) is -3.05. The van der Waals surface area contributed by atoms with E-state index in [9.17, 15) is 22.8 Å². The van der Waals surface area contributed by atoms with Crippen LogP contribution in [0.2, 0.25) is 0 Å². The van der Waals surface area contributed by atoms with E-state index >= 15 is 0 Å². The molecular weight excluding hydrogens is 363 g/mol. The second-order valence-electron chi connectivity index (χ2n) is 6.14. The molecule has 0 aliphatic carbocycles. The maximum atomic E-state index is 13.3. The Bertz CT molecular complexity index is 1060. The number of rotatable bonds is 4. The lowest BCUT2D eigenvalue weighted by atomic mass is 10.3. The lowest BCUT2D eigenvalue weighted by Gasteiger charge is -2.16. The monoisotopic (exact) mass is 379 g/mol. The quantitative estimate of drug-likeness (QED) is 0.697. The van der Waals surface area contributed by atoms with Crippen molar-refractivity contribution in [3.05, 3.63) is 75.1 Å². The van der Waals surface area contributed by atoms with Gasteiger partial charge in [-0.3, -0.25) is 13.9 Å². The summed E-state index contributed by atoms with van der Waals surface area (Å²) in [6.45, 7) is 2.68. The molecule has 2 aromatic heterocycles. The first kappa shape index (κ1) is 18.6. The number of halogens is 3. The molecule has 0 N–H and O–H groups in total. The van der Waals surface area contributed by atoms with Gasteiger partial charge in [0, 0.05) is 12.2 Å². The van der Waals surface area contributed by atoms with E-state index in [1.807, 2.05) is 0 Å². The van der Waals surface area contributed by atoms with Crippen molar-refractivity contribution in [3.8, 4) is 5.69 Å². The molecule has 1 aromatic carbocycles. The summed E-state index contributed by atoms with van der Waals surface area (Å²) in [5.74, 6) is 0.162. The zero-order chi connectivity index (χ0) is 19.8. The van der Waals surface area contributed by atoms with Crippen LogP contribution in [-0.4, -0.2) is 23.9 Å². The molecule has 0 unspecified atom stereocenters. The molecule has 0 fully saturated rings. The molecule has 142 valence electrons. The van der Waals surface area contributed by atoms with E-state index in [0.717, 1.165) is 4.57 Å². The molecule has 0 atom stereocenters. The minimum absolute atomic E-state index is 0.162. The number of aromatic nitrogens is 5. The number of hydrogen-bond donors (Lipinski definition) is 0. The summed E-state index contributed by atoms with van der Waals surface area (Å²) in [6, 6.07) is 8.18. The third-order valence-corrected chi connectivity index (χ3v) is 3.98. The highest BCUT2D eigenvalue weighted by Crippen LogP contribution is 2.26. The highest BCUT2D eigenvalue weighted by atomic mass is 19.4. The first-order chi connectivity index (χ1) is 12.7. The average molecular weight is 379 g/mol. The second kappa shape index (κ2) is 6.86. The Labute approximate surface area is 151 Å². The lowest BCUT2D eigenvalue weighted by molar-refractivity contribution is -0.139. The van der Waals surface area contributed by atoms with E-state index < -0.39 is 35.6 Å². The first-order valence-corrected chi connectivity index (χ1v) is 8.07. The van der Waals surface area contributed by atoms with Crippen LogP contribution in [0.15, 0.2) is 52.4 Å². The largest absolute Gasteiger partial charge is 0.423 e. The van der Waals surface area contributed by atoms with E-state index in [4.69, 9.17) is 0 Å². The smallest absolute Gasteiger partial charge is 0.297 e. The number of hydrogen-bond acceptors (Lipinski definition) is 4. The summed E-state index contributed by atoms with van der Waals surface area (Å²) in [5, 5.41) is 4.03. The third kappa shape index (κ3) is 3.55. The van der Waals surface area contributed by atoms with Gasteiger partial charge in [-0.1, -0.05) is 18.2 Å². The lowest BCUT2D eigenvalue weighted by Crippen LogP contribution is -2.44. The molecule has 0 bridgehead atoms. The van der Waals surface area contributed by atoms with Crippen molar-refractivity contribution in [2.24, 2.45) is 0 Å². The molecule has 0 radical (unpaired) electrons. The van der Waals surface area contributed by atoms with Crippen molar-refractivity contribution in [1.29, 1.82) is 0 Å². The van der Waals surface area contributed by atoms with Crippen molar-refractivity contribution >= 4 is 0 Å². The van der Waals surface area contributed by atoms with Gasteiger partial charge in [0.25, 0.3) is 5.56 Å². The molecule has 0 saturated heterocycles. The van der Waals surface area contributed by atoms with Gasteiger partial charge < -0.3 is 0 Å². The van der Waals surface area contributed by atoms with Crippen LogP contribution in [0, 0.1) is 0 Å². The molecule has 0 aliphatic rings. The standard InChI is InChI=1S/C17H16F3N5O2/c1-11(2)23-8-13(17(18,19)20)15(26)24(16(23)27)9-14-21-10-22-25(14)12-6-4-3-5-7-12/h3-8,10-11H,9H2,1-2H3. The van der Waals surface area contributed by atoms with E-state index in [0.29, 0.717) is 16.5 Å². The zero-order valence-electron chi connectivity index (χ0n) is 14.5. The van der Waals surface area contributed by atoms with E-state index in [-0.39, 0.29) is 5.82 Å². The summed E-state index contributed by atoms with van der Waals surface area (Å²) in [4.78, 5) is 28.9. The maximum absolute atomic E-state index is 13.3. The molecular formula is C17H16F3N5O2. The molecule has 2 heterocycles. The van der Waals surface area contributed by atoms with Crippen molar-refractivity contribution in [2.45, 2.75) is 32.6 Å². The SMILES string of the molecule is CC(C)n1cc(C(F)(F)F)c(=O)n(Cc2ncnn2-c2ccccc2)c1=O. The Morgan fingerprint density at radius 1 is 1.11 bits per heavy atom. The van der Waals surface area contributed by atoms with Crippen molar-refractivity contribution < 1.29 is 13.2 Å². The number of alkyl halides is 3. The van der Waals surface area contributed by atoms with Gasteiger partial charge in [0.1, 0.15) is 11.9 Å². The molecule has 0 amide bonds. The van der Waals surface area contributed by atoms with Gasteiger partial charge in [-0.2, -0.15) is 18.3 Å². The fourth-order valence-electron chi connectivity index (χ4n) is 2.62. The minimum Gasteiger partial charge on any atom is -0.297 e. The predicted molar refractivity (Wildman–Crippen MR) is 90.8 cm³/mol. The molecule has 3 rings (SSSR count). The molecule has 27 heavy (non-hydrogen) atoms. The number of para-hydroxylation sites is 1. The van der Waals surface area contributed by atoms with Gasteiger partial charge in [0.05, 0.1) is 12.2 Å². The van der Waals surface area contributed by atoms with Gasteiger partial charge in [-0.25, -0.2) is 14.5 Å². The maximum Gasteiger partial charge on any atom is 0.423 e. The van der Waals surface area contributed by atoms with E-state index in [1.54, 1.807) is 44.2 Å². The highest BCUT2D eigenvalue weighted by molar-refractivity contribution is 5.30. The fourth-order valence-corrected chi connectivity index (χ4v) is 2.62. The number of benzene rings is 1. The second-order valence-corrected chi connectivity index (χ2v) is 6.14. The van der Waals surface area contributed by atoms with Crippen LogP contribution in [-0.2, 0) is 12.7 Å². The summed E-state index contributed by atoms with van der Waals surface area (Å²) < 4.78 is 42.6.